The Bertz CT molecular complexity index is 498. The predicted octanol–water partition coefficient (Wildman–Crippen LogP) is 4.96. The minimum Gasteiger partial charge on any atom is -0.0619 e. The zero-order valence-corrected chi connectivity index (χ0v) is 11.1. The number of benzene rings is 2. The van der Waals surface area contributed by atoms with Crippen LogP contribution < -0.4 is 0 Å². The number of hydrogen-bond acceptors (Lipinski definition) is 0. The van der Waals surface area contributed by atoms with E-state index in [0.29, 0.717) is 0 Å². The molecule has 2 aromatic rings. The van der Waals surface area contributed by atoms with Gasteiger partial charge in [-0.1, -0.05) is 74.9 Å². The maximum Gasteiger partial charge on any atom is -0.0126 e. The third kappa shape index (κ3) is 2.58. The second kappa shape index (κ2) is 4.37. The van der Waals surface area contributed by atoms with Crippen molar-refractivity contribution in [3.05, 3.63) is 59.7 Å². The van der Waals surface area contributed by atoms with Gasteiger partial charge in [0, 0.05) is 0 Å². The normalized spacial score (nSPS) is 11.5. The Kier molecular flexibility index (Phi) is 3.06. The Labute approximate surface area is 104 Å². The maximum atomic E-state index is 2.26. The molecule has 0 aliphatic rings. The van der Waals surface area contributed by atoms with E-state index in [1.165, 1.54) is 22.3 Å². The van der Waals surface area contributed by atoms with Crippen LogP contribution in [0.1, 0.15) is 31.9 Å². The maximum absolute atomic E-state index is 2.26. The fraction of sp³-hybridized carbons (Fsp3) is 0.294. The van der Waals surface area contributed by atoms with Gasteiger partial charge in [0.1, 0.15) is 0 Å². The molecule has 0 unspecified atom stereocenters. The monoisotopic (exact) mass is 224 g/mol. The summed E-state index contributed by atoms with van der Waals surface area (Å²) in [5, 5.41) is 0. The van der Waals surface area contributed by atoms with Crippen LogP contribution in [0.2, 0.25) is 0 Å². The first-order valence-corrected chi connectivity index (χ1v) is 6.15. The Hall–Kier alpha value is -1.56. The van der Waals surface area contributed by atoms with Crippen molar-refractivity contribution in [1.82, 2.24) is 0 Å². The number of rotatable bonds is 1. The van der Waals surface area contributed by atoms with Crippen LogP contribution in [0.5, 0.6) is 0 Å². The van der Waals surface area contributed by atoms with Crippen LogP contribution >= 0.6 is 0 Å². The average molecular weight is 224 g/mol. The summed E-state index contributed by atoms with van der Waals surface area (Å²) in [5.41, 5.74) is 5.55. The van der Waals surface area contributed by atoms with E-state index < -0.39 is 0 Å². The average Bonchev–Trinajstić information content (AvgIpc) is 2.29. The van der Waals surface area contributed by atoms with Gasteiger partial charge in [0.2, 0.25) is 0 Å². The Morgan fingerprint density at radius 1 is 0.765 bits per heavy atom. The number of aryl methyl sites for hydroxylation is 1. The lowest BCUT2D eigenvalue weighted by Crippen LogP contribution is -2.12. The molecule has 0 N–H and O–H groups in total. The first kappa shape index (κ1) is 11.9. The topological polar surface area (TPSA) is 0 Å². The van der Waals surface area contributed by atoms with Gasteiger partial charge < -0.3 is 0 Å². The molecule has 2 aromatic carbocycles. The van der Waals surface area contributed by atoms with E-state index in [1.54, 1.807) is 0 Å². The standard InChI is InChI=1S/C17H20/c1-13-9-11-14(12-10-13)15-7-5-6-8-16(15)17(2,3)4/h5-12H,1-4H3. The Balaban J connectivity index is 2.56. The fourth-order valence-corrected chi connectivity index (χ4v) is 2.12. The van der Waals surface area contributed by atoms with E-state index in [9.17, 15) is 0 Å². The summed E-state index contributed by atoms with van der Waals surface area (Å²) in [6.07, 6.45) is 0. The van der Waals surface area contributed by atoms with Gasteiger partial charge in [-0.05, 0) is 29.0 Å². The SMILES string of the molecule is Cc1ccc(-c2ccccc2C(C)(C)C)cc1. The van der Waals surface area contributed by atoms with Crippen LogP contribution in [0.3, 0.4) is 0 Å². The molecular formula is C17H20. The molecule has 0 amide bonds. The summed E-state index contributed by atoms with van der Waals surface area (Å²) in [5.74, 6) is 0. The molecule has 0 bridgehead atoms. The van der Waals surface area contributed by atoms with E-state index in [2.05, 4.69) is 76.2 Å². The van der Waals surface area contributed by atoms with Crippen LogP contribution in [0, 0.1) is 6.92 Å². The van der Waals surface area contributed by atoms with Gasteiger partial charge in [0.15, 0.2) is 0 Å². The molecule has 0 atom stereocenters. The van der Waals surface area contributed by atoms with Crippen molar-refractivity contribution in [2.24, 2.45) is 0 Å². The molecule has 2 rings (SSSR count). The van der Waals surface area contributed by atoms with Crippen molar-refractivity contribution in [3.8, 4) is 11.1 Å². The highest BCUT2D eigenvalue weighted by molar-refractivity contribution is 5.68. The van der Waals surface area contributed by atoms with Gasteiger partial charge in [0.25, 0.3) is 0 Å². The smallest absolute Gasteiger partial charge is 0.0126 e. The molecule has 0 aliphatic carbocycles. The molecule has 0 saturated heterocycles. The minimum atomic E-state index is 0.182. The van der Waals surface area contributed by atoms with Crippen LogP contribution in [0.4, 0.5) is 0 Å². The van der Waals surface area contributed by atoms with E-state index in [0.717, 1.165) is 0 Å². The summed E-state index contributed by atoms with van der Waals surface area (Å²) < 4.78 is 0. The summed E-state index contributed by atoms with van der Waals surface area (Å²) in [7, 11) is 0. The van der Waals surface area contributed by atoms with E-state index >= 15 is 0 Å². The third-order valence-corrected chi connectivity index (χ3v) is 3.10. The van der Waals surface area contributed by atoms with Crippen molar-refractivity contribution in [1.29, 1.82) is 0 Å². The molecule has 0 aromatic heterocycles. The highest BCUT2D eigenvalue weighted by Crippen LogP contribution is 2.32. The van der Waals surface area contributed by atoms with E-state index in [-0.39, 0.29) is 5.41 Å². The lowest BCUT2D eigenvalue weighted by atomic mass is 9.82. The molecular weight excluding hydrogens is 204 g/mol. The van der Waals surface area contributed by atoms with Crippen LogP contribution in [-0.4, -0.2) is 0 Å². The molecule has 0 heteroatoms. The van der Waals surface area contributed by atoms with E-state index in [1.807, 2.05) is 0 Å². The van der Waals surface area contributed by atoms with Gasteiger partial charge in [0.05, 0.1) is 0 Å². The summed E-state index contributed by atoms with van der Waals surface area (Å²) in [6, 6.07) is 17.5. The molecule has 0 spiro atoms. The lowest BCUT2D eigenvalue weighted by molar-refractivity contribution is 0.592. The Morgan fingerprint density at radius 2 is 1.35 bits per heavy atom. The van der Waals surface area contributed by atoms with Crippen LogP contribution in [0.25, 0.3) is 11.1 Å². The van der Waals surface area contributed by atoms with Gasteiger partial charge in [-0.25, -0.2) is 0 Å². The van der Waals surface area contributed by atoms with Crippen molar-refractivity contribution in [3.63, 3.8) is 0 Å². The van der Waals surface area contributed by atoms with Gasteiger partial charge in [-0.15, -0.1) is 0 Å². The summed E-state index contributed by atoms with van der Waals surface area (Å²) >= 11 is 0. The minimum absolute atomic E-state index is 0.182. The molecule has 0 heterocycles. The quantitative estimate of drug-likeness (QED) is 0.642. The van der Waals surface area contributed by atoms with E-state index in [4.69, 9.17) is 0 Å². The molecule has 0 aliphatic heterocycles. The lowest BCUT2D eigenvalue weighted by Gasteiger charge is -2.23. The second-order valence-electron chi connectivity index (χ2n) is 5.66. The molecule has 17 heavy (non-hydrogen) atoms. The highest BCUT2D eigenvalue weighted by Gasteiger charge is 2.17. The highest BCUT2D eigenvalue weighted by atomic mass is 14.2. The van der Waals surface area contributed by atoms with Crippen LogP contribution in [0.15, 0.2) is 48.5 Å². The Morgan fingerprint density at radius 3 is 1.94 bits per heavy atom. The fourth-order valence-electron chi connectivity index (χ4n) is 2.12. The first-order valence-electron chi connectivity index (χ1n) is 6.15. The molecule has 88 valence electrons. The predicted molar refractivity (Wildman–Crippen MR) is 75.3 cm³/mol. The molecule has 0 nitrogen and oxygen atoms in total. The molecule has 0 fully saturated rings. The summed E-state index contributed by atoms with van der Waals surface area (Å²) in [6.45, 7) is 8.92. The summed E-state index contributed by atoms with van der Waals surface area (Å²) in [4.78, 5) is 0. The largest absolute Gasteiger partial charge is 0.0619 e. The van der Waals surface area contributed by atoms with Crippen LogP contribution in [-0.2, 0) is 5.41 Å². The third-order valence-electron chi connectivity index (χ3n) is 3.10. The zero-order chi connectivity index (χ0) is 12.5. The molecule has 0 saturated carbocycles. The molecule has 0 radical (unpaired) electrons. The van der Waals surface area contributed by atoms with Gasteiger partial charge >= 0.3 is 0 Å². The zero-order valence-electron chi connectivity index (χ0n) is 11.1. The van der Waals surface area contributed by atoms with Crippen molar-refractivity contribution in [2.45, 2.75) is 33.1 Å². The second-order valence-corrected chi connectivity index (χ2v) is 5.66. The first-order chi connectivity index (χ1) is 7.98. The van der Waals surface area contributed by atoms with Crippen molar-refractivity contribution < 1.29 is 0 Å². The number of hydrogen-bond donors (Lipinski definition) is 0. The van der Waals surface area contributed by atoms with Crippen molar-refractivity contribution >= 4 is 0 Å². The van der Waals surface area contributed by atoms with Gasteiger partial charge in [-0.2, -0.15) is 0 Å². The van der Waals surface area contributed by atoms with Crippen molar-refractivity contribution in [2.75, 3.05) is 0 Å². The van der Waals surface area contributed by atoms with Gasteiger partial charge in [-0.3, -0.25) is 0 Å².